The summed E-state index contributed by atoms with van der Waals surface area (Å²) in [6.07, 6.45) is 11.1. The van der Waals surface area contributed by atoms with Crippen LogP contribution in [-0.4, -0.2) is 23.1 Å². The third kappa shape index (κ3) is 3.27. The topological polar surface area (TPSA) is 60.4 Å². The molecular weight excluding hydrogens is 388 g/mol. The summed E-state index contributed by atoms with van der Waals surface area (Å²) in [5.41, 5.74) is 1.07. The Bertz CT molecular complexity index is 866. The summed E-state index contributed by atoms with van der Waals surface area (Å²) < 4.78 is 6.05. The number of rotatable bonds is 4. The SMILES string of the molecule is CCCCC(=O)OC1(C)C(=O)CCC2C3C=C(C)C4=CC(=O)CCC4(C)C3CCC21C. The van der Waals surface area contributed by atoms with E-state index in [9.17, 15) is 14.4 Å². The van der Waals surface area contributed by atoms with Gasteiger partial charge < -0.3 is 4.74 Å². The van der Waals surface area contributed by atoms with E-state index in [2.05, 4.69) is 33.8 Å². The Kier molecular flexibility index (Phi) is 5.59. The molecule has 6 atom stereocenters. The van der Waals surface area contributed by atoms with E-state index < -0.39 is 5.60 Å². The largest absolute Gasteiger partial charge is 0.451 e. The van der Waals surface area contributed by atoms with Gasteiger partial charge in [0.25, 0.3) is 0 Å². The fraction of sp³-hybridized carbons (Fsp3) is 0.741. The monoisotopic (exact) mass is 426 g/mol. The average Bonchev–Trinajstić information content (AvgIpc) is 2.71. The number of esters is 1. The maximum absolute atomic E-state index is 13.2. The molecule has 4 aliphatic carbocycles. The van der Waals surface area contributed by atoms with Gasteiger partial charge in [0.05, 0.1) is 0 Å². The van der Waals surface area contributed by atoms with Gasteiger partial charge in [0.1, 0.15) is 0 Å². The van der Waals surface area contributed by atoms with Crippen molar-refractivity contribution in [3.63, 3.8) is 0 Å². The van der Waals surface area contributed by atoms with Crippen molar-refractivity contribution in [1.82, 2.24) is 0 Å². The van der Waals surface area contributed by atoms with E-state index in [1.54, 1.807) is 0 Å². The van der Waals surface area contributed by atoms with Gasteiger partial charge in [-0.15, -0.1) is 0 Å². The number of hydrogen-bond acceptors (Lipinski definition) is 4. The van der Waals surface area contributed by atoms with Gasteiger partial charge in [-0.05, 0) is 80.8 Å². The normalized spacial score (nSPS) is 42.0. The predicted molar refractivity (Wildman–Crippen MR) is 120 cm³/mol. The lowest BCUT2D eigenvalue weighted by Gasteiger charge is -2.62. The molecule has 0 radical (unpaired) electrons. The minimum Gasteiger partial charge on any atom is -0.451 e. The molecule has 0 aromatic heterocycles. The molecule has 0 aliphatic heterocycles. The molecule has 0 aromatic carbocycles. The zero-order valence-electron chi connectivity index (χ0n) is 19.9. The smallest absolute Gasteiger partial charge is 0.306 e. The number of allylic oxidation sites excluding steroid dienone is 4. The maximum atomic E-state index is 13.2. The van der Waals surface area contributed by atoms with Gasteiger partial charge in [0, 0.05) is 24.7 Å². The maximum Gasteiger partial charge on any atom is 0.306 e. The second-order valence-corrected chi connectivity index (χ2v) is 11.1. The lowest BCUT2D eigenvalue weighted by atomic mass is 9.43. The zero-order chi connectivity index (χ0) is 22.6. The van der Waals surface area contributed by atoms with E-state index in [1.165, 1.54) is 11.1 Å². The molecule has 6 unspecified atom stereocenters. The van der Waals surface area contributed by atoms with Gasteiger partial charge in [0.2, 0.25) is 0 Å². The molecule has 0 amide bonds. The minimum absolute atomic E-state index is 0.0222. The van der Waals surface area contributed by atoms with Gasteiger partial charge in [-0.2, -0.15) is 0 Å². The van der Waals surface area contributed by atoms with Crippen molar-refractivity contribution in [3.05, 3.63) is 23.3 Å². The summed E-state index contributed by atoms with van der Waals surface area (Å²) in [5, 5.41) is 0. The molecule has 2 fully saturated rings. The molecule has 2 saturated carbocycles. The molecule has 0 heterocycles. The molecular formula is C27H38O4. The van der Waals surface area contributed by atoms with Crippen LogP contribution in [0.1, 0.15) is 92.4 Å². The fourth-order valence-electron chi connectivity index (χ4n) is 7.48. The molecule has 4 nitrogen and oxygen atoms in total. The van der Waals surface area contributed by atoms with Crippen molar-refractivity contribution < 1.29 is 19.1 Å². The molecule has 0 saturated heterocycles. The second-order valence-electron chi connectivity index (χ2n) is 11.1. The van der Waals surface area contributed by atoms with Gasteiger partial charge >= 0.3 is 5.97 Å². The van der Waals surface area contributed by atoms with Gasteiger partial charge in [0.15, 0.2) is 17.2 Å². The number of carbonyl (C=O) groups is 3. The van der Waals surface area contributed by atoms with Crippen LogP contribution >= 0.6 is 0 Å². The van der Waals surface area contributed by atoms with Crippen LogP contribution < -0.4 is 0 Å². The van der Waals surface area contributed by atoms with Crippen LogP contribution in [0.5, 0.6) is 0 Å². The van der Waals surface area contributed by atoms with Gasteiger partial charge in [-0.25, -0.2) is 0 Å². The lowest BCUT2D eigenvalue weighted by Crippen LogP contribution is -2.64. The summed E-state index contributed by atoms with van der Waals surface area (Å²) in [6, 6.07) is 0. The molecule has 0 N–H and O–H groups in total. The Labute approximate surface area is 186 Å². The summed E-state index contributed by atoms with van der Waals surface area (Å²) in [4.78, 5) is 38.0. The Morgan fingerprint density at radius 2 is 1.84 bits per heavy atom. The Hall–Kier alpha value is -1.71. The van der Waals surface area contributed by atoms with E-state index in [0.717, 1.165) is 38.5 Å². The number of ketones is 2. The number of fused-ring (bicyclic) bond motifs is 5. The quantitative estimate of drug-likeness (QED) is 0.537. The molecule has 4 aliphatic rings. The average molecular weight is 427 g/mol. The highest BCUT2D eigenvalue weighted by atomic mass is 16.6. The van der Waals surface area contributed by atoms with Gasteiger partial charge in [-0.3, -0.25) is 14.4 Å². The zero-order valence-corrected chi connectivity index (χ0v) is 19.9. The van der Waals surface area contributed by atoms with Crippen LogP contribution in [0.2, 0.25) is 0 Å². The Morgan fingerprint density at radius 1 is 1.10 bits per heavy atom. The number of hydrogen-bond donors (Lipinski definition) is 0. The van der Waals surface area contributed by atoms with Crippen molar-refractivity contribution in [2.24, 2.45) is 28.6 Å². The molecule has 4 rings (SSSR count). The summed E-state index contributed by atoms with van der Waals surface area (Å²) in [6.45, 7) is 10.6. The Balaban J connectivity index is 1.71. The molecule has 170 valence electrons. The summed E-state index contributed by atoms with van der Waals surface area (Å²) in [5.74, 6) is 1.23. The predicted octanol–water partition coefficient (Wildman–Crippen LogP) is 5.75. The molecule has 4 heteroatoms. The third-order valence-electron chi connectivity index (χ3n) is 9.58. The first-order valence-electron chi connectivity index (χ1n) is 12.3. The van der Waals surface area contributed by atoms with Crippen molar-refractivity contribution in [1.29, 1.82) is 0 Å². The van der Waals surface area contributed by atoms with Crippen molar-refractivity contribution in [3.8, 4) is 0 Å². The van der Waals surface area contributed by atoms with Crippen molar-refractivity contribution >= 4 is 17.5 Å². The first kappa shape index (κ1) is 22.5. The highest BCUT2D eigenvalue weighted by molar-refractivity contribution is 5.93. The van der Waals surface area contributed by atoms with Crippen LogP contribution in [0.25, 0.3) is 0 Å². The van der Waals surface area contributed by atoms with Crippen molar-refractivity contribution in [2.45, 2.75) is 98.0 Å². The van der Waals surface area contributed by atoms with E-state index in [4.69, 9.17) is 4.74 Å². The molecule has 0 spiro atoms. The second kappa shape index (κ2) is 7.71. The fourth-order valence-corrected chi connectivity index (χ4v) is 7.48. The third-order valence-corrected chi connectivity index (χ3v) is 9.58. The molecule has 31 heavy (non-hydrogen) atoms. The molecule has 0 bridgehead atoms. The highest BCUT2D eigenvalue weighted by Gasteiger charge is 2.65. The van der Waals surface area contributed by atoms with Crippen LogP contribution in [0, 0.1) is 28.6 Å². The summed E-state index contributed by atoms with van der Waals surface area (Å²) in [7, 11) is 0. The van der Waals surface area contributed by atoms with Gasteiger partial charge in [-0.1, -0.05) is 38.8 Å². The van der Waals surface area contributed by atoms with Crippen LogP contribution in [-0.2, 0) is 19.1 Å². The standard InChI is InChI=1S/C27H38O4/c1-6-7-8-24(30)31-27(5)23(29)10-9-21-19-15-17(2)22-16-18(28)11-13-25(22,3)20(19)12-14-26(21,27)4/h15-16,19-21H,6-14H2,1-5H3. The minimum atomic E-state index is -1.05. The van der Waals surface area contributed by atoms with Crippen LogP contribution in [0.3, 0.4) is 0 Å². The van der Waals surface area contributed by atoms with Crippen molar-refractivity contribution in [2.75, 3.05) is 0 Å². The summed E-state index contributed by atoms with van der Waals surface area (Å²) >= 11 is 0. The number of carbonyl (C=O) groups excluding carboxylic acids is 3. The molecule has 0 aromatic rings. The number of ether oxygens (including phenoxy) is 1. The highest BCUT2D eigenvalue weighted by Crippen LogP contribution is 2.65. The van der Waals surface area contributed by atoms with E-state index in [0.29, 0.717) is 37.0 Å². The number of unbranched alkanes of at least 4 members (excludes halogenated alkanes) is 1. The van der Waals surface area contributed by atoms with Crippen LogP contribution in [0.15, 0.2) is 23.3 Å². The van der Waals surface area contributed by atoms with E-state index in [1.807, 2.05) is 13.0 Å². The van der Waals surface area contributed by atoms with E-state index >= 15 is 0 Å². The first-order chi connectivity index (χ1) is 14.6. The van der Waals surface area contributed by atoms with Crippen LogP contribution in [0.4, 0.5) is 0 Å². The Morgan fingerprint density at radius 3 is 2.55 bits per heavy atom. The number of Topliss-reactive ketones (excluding diaryl/α,β-unsaturated/α-hetero) is 1. The first-order valence-corrected chi connectivity index (χ1v) is 12.3. The van der Waals surface area contributed by atoms with E-state index in [-0.39, 0.29) is 28.4 Å². The lowest BCUT2D eigenvalue weighted by molar-refractivity contribution is -0.204.